The normalized spacial score (nSPS) is 16.8. The Morgan fingerprint density at radius 2 is 1.93 bits per heavy atom. The van der Waals surface area contributed by atoms with Gasteiger partial charge in [-0.05, 0) is 62.1 Å². The number of hydrogen-bond donors (Lipinski definition) is 2. The number of amides is 1. The first-order valence-corrected chi connectivity index (χ1v) is 11.9. The Hall–Kier alpha value is -2.71. The maximum atomic E-state index is 12.8. The van der Waals surface area contributed by atoms with E-state index in [-0.39, 0.29) is 16.8 Å². The van der Waals surface area contributed by atoms with E-state index in [0.29, 0.717) is 11.3 Å². The maximum absolute atomic E-state index is 12.8. The van der Waals surface area contributed by atoms with Crippen molar-refractivity contribution < 1.29 is 13.2 Å². The van der Waals surface area contributed by atoms with Crippen LogP contribution in [0.2, 0.25) is 0 Å². The molecule has 1 aliphatic carbocycles. The Morgan fingerprint density at radius 3 is 2.77 bits per heavy atom. The molecule has 0 radical (unpaired) electrons. The van der Waals surface area contributed by atoms with E-state index in [0.717, 1.165) is 55.5 Å². The molecule has 0 spiro atoms. The fourth-order valence-electron chi connectivity index (χ4n) is 3.92. The minimum atomic E-state index is -3.60. The SMILES string of the molecule is O=C(Nc1ccc2c(c1)nc1n2CCCCC1)c1cccc(S(=O)(=O)NC2CC2)c1. The van der Waals surface area contributed by atoms with Gasteiger partial charge in [0.2, 0.25) is 10.0 Å². The predicted molar refractivity (Wildman–Crippen MR) is 115 cm³/mol. The van der Waals surface area contributed by atoms with Crippen molar-refractivity contribution in [3.63, 3.8) is 0 Å². The Balaban J connectivity index is 1.37. The fraction of sp³-hybridized carbons (Fsp3) is 0.364. The highest BCUT2D eigenvalue weighted by Crippen LogP contribution is 2.25. The van der Waals surface area contributed by atoms with Crippen molar-refractivity contribution in [1.29, 1.82) is 0 Å². The molecule has 156 valence electrons. The number of aromatic nitrogens is 2. The maximum Gasteiger partial charge on any atom is 0.255 e. The van der Waals surface area contributed by atoms with Crippen LogP contribution in [0.5, 0.6) is 0 Å². The van der Waals surface area contributed by atoms with E-state index in [2.05, 4.69) is 14.6 Å². The molecule has 1 aromatic heterocycles. The van der Waals surface area contributed by atoms with Crippen molar-refractivity contribution in [3.05, 3.63) is 53.9 Å². The third-order valence-electron chi connectivity index (χ3n) is 5.67. The van der Waals surface area contributed by atoms with Crippen LogP contribution in [0.25, 0.3) is 11.0 Å². The molecule has 8 heteroatoms. The van der Waals surface area contributed by atoms with Gasteiger partial charge in [0.1, 0.15) is 5.82 Å². The zero-order valence-electron chi connectivity index (χ0n) is 16.6. The van der Waals surface area contributed by atoms with Gasteiger partial charge in [0.15, 0.2) is 0 Å². The molecule has 2 heterocycles. The molecule has 2 aromatic carbocycles. The van der Waals surface area contributed by atoms with Crippen LogP contribution in [0.4, 0.5) is 5.69 Å². The summed E-state index contributed by atoms with van der Waals surface area (Å²) >= 11 is 0. The van der Waals surface area contributed by atoms with E-state index in [1.165, 1.54) is 18.6 Å². The summed E-state index contributed by atoms with van der Waals surface area (Å²) in [7, 11) is -3.60. The Bertz CT molecular complexity index is 1230. The number of aryl methyl sites for hydroxylation is 2. The number of benzene rings is 2. The van der Waals surface area contributed by atoms with E-state index in [1.807, 2.05) is 18.2 Å². The molecule has 7 nitrogen and oxygen atoms in total. The lowest BCUT2D eigenvalue weighted by atomic mass is 10.2. The summed E-state index contributed by atoms with van der Waals surface area (Å²) in [4.78, 5) is 17.6. The monoisotopic (exact) mass is 424 g/mol. The molecule has 0 saturated heterocycles. The molecule has 0 unspecified atom stereocenters. The van der Waals surface area contributed by atoms with Gasteiger partial charge < -0.3 is 9.88 Å². The number of rotatable bonds is 5. The van der Waals surface area contributed by atoms with Crippen LogP contribution in [-0.4, -0.2) is 29.9 Å². The molecule has 0 atom stereocenters. The average molecular weight is 425 g/mol. The topological polar surface area (TPSA) is 93.1 Å². The smallest absolute Gasteiger partial charge is 0.255 e. The number of nitrogens with one attached hydrogen (secondary N) is 2. The van der Waals surface area contributed by atoms with E-state index in [9.17, 15) is 13.2 Å². The molecule has 3 aromatic rings. The number of carbonyl (C=O) groups excluding carboxylic acids is 1. The van der Waals surface area contributed by atoms with Crippen LogP contribution in [0.1, 0.15) is 48.3 Å². The minimum Gasteiger partial charge on any atom is -0.328 e. The van der Waals surface area contributed by atoms with Crippen molar-refractivity contribution in [2.45, 2.75) is 56.0 Å². The predicted octanol–water partition coefficient (Wildman–Crippen LogP) is 3.46. The number of fused-ring (bicyclic) bond motifs is 3. The molecule has 2 aliphatic rings. The minimum absolute atomic E-state index is 0.0178. The molecule has 1 amide bonds. The molecular weight excluding hydrogens is 400 g/mol. The average Bonchev–Trinajstić information content (AvgIpc) is 3.51. The lowest BCUT2D eigenvalue weighted by Gasteiger charge is -2.09. The number of sulfonamides is 1. The molecule has 2 N–H and O–H groups in total. The number of carbonyl (C=O) groups is 1. The number of hydrogen-bond acceptors (Lipinski definition) is 4. The quantitative estimate of drug-likeness (QED) is 0.656. The molecule has 1 aliphatic heterocycles. The zero-order valence-corrected chi connectivity index (χ0v) is 17.4. The summed E-state index contributed by atoms with van der Waals surface area (Å²) in [6.45, 7) is 0.980. The van der Waals surface area contributed by atoms with E-state index < -0.39 is 10.0 Å². The van der Waals surface area contributed by atoms with Crippen molar-refractivity contribution in [1.82, 2.24) is 14.3 Å². The molecule has 1 fully saturated rings. The first-order valence-electron chi connectivity index (χ1n) is 10.4. The molecule has 0 bridgehead atoms. The van der Waals surface area contributed by atoms with Crippen LogP contribution in [0.3, 0.4) is 0 Å². The van der Waals surface area contributed by atoms with Gasteiger partial charge in [0.25, 0.3) is 5.91 Å². The van der Waals surface area contributed by atoms with Crippen LogP contribution in [0, 0.1) is 0 Å². The first kappa shape index (κ1) is 19.3. The van der Waals surface area contributed by atoms with Gasteiger partial charge >= 0.3 is 0 Å². The summed E-state index contributed by atoms with van der Waals surface area (Å²) in [6.07, 6.45) is 6.24. The van der Waals surface area contributed by atoms with Crippen molar-refractivity contribution in [2.24, 2.45) is 0 Å². The van der Waals surface area contributed by atoms with Crippen molar-refractivity contribution >= 4 is 32.7 Å². The Labute approximate surface area is 175 Å². The van der Waals surface area contributed by atoms with E-state index >= 15 is 0 Å². The highest BCUT2D eigenvalue weighted by molar-refractivity contribution is 7.89. The van der Waals surface area contributed by atoms with Crippen LogP contribution in [0.15, 0.2) is 47.4 Å². The number of anilines is 1. The van der Waals surface area contributed by atoms with Gasteiger partial charge in [-0.25, -0.2) is 18.1 Å². The fourth-order valence-corrected chi connectivity index (χ4v) is 5.27. The zero-order chi connectivity index (χ0) is 20.7. The van der Waals surface area contributed by atoms with Gasteiger partial charge in [-0.1, -0.05) is 12.5 Å². The highest BCUT2D eigenvalue weighted by Gasteiger charge is 2.28. The summed E-state index contributed by atoms with van der Waals surface area (Å²) in [5, 5.41) is 2.87. The molecule has 1 saturated carbocycles. The third-order valence-corrected chi connectivity index (χ3v) is 7.19. The number of imidazole rings is 1. The second-order valence-electron chi connectivity index (χ2n) is 8.07. The lowest BCUT2D eigenvalue weighted by Crippen LogP contribution is -2.26. The first-order chi connectivity index (χ1) is 14.5. The number of nitrogens with zero attached hydrogens (tertiary/aromatic N) is 2. The van der Waals surface area contributed by atoms with E-state index in [4.69, 9.17) is 4.98 Å². The van der Waals surface area contributed by atoms with Crippen LogP contribution < -0.4 is 10.0 Å². The second kappa shape index (κ2) is 7.52. The van der Waals surface area contributed by atoms with Gasteiger partial charge in [0, 0.05) is 30.3 Å². The van der Waals surface area contributed by atoms with Gasteiger partial charge in [-0.2, -0.15) is 0 Å². The Morgan fingerprint density at radius 1 is 1.07 bits per heavy atom. The van der Waals surface area contributed by atoms with Gasteiger partial charge in [0.05, 0.1) is 15.9 Å². The van der Waals surface area contributed by atoms with Crippen molar-refractivity contribution in [3.8, 4) is 0 Å². The van der Waals surface area contributed by atoms with Crippen LogP contribution in [-0.2, 0) is 23.0 Å². The second-order valence-corrected chi connectivity index (χ2v) is 9.79. The third kappa shape index (κ3) is 3.85. The summed E-state index contributed by atoms with van der Waals surface area (Å²) in [5.41, 5.74) is 2.90. The molecular formula is C22H24N4O3S. The van der Waals surface area contributed by atoms with Crippen LogP contribution >= 0.6 is 0 Å². The van der Waals surface area contributed by atoms with Gasteiger partial charge in [-0.3, -0.25) is 4.79 Å². The van der Waals surface area contributed by atoms with Gasteiger partial charge in [-0.15, -0.1) is 0 Å². The largest absolute Gasteiger partial charge is 0.328 e. The lowest BCUT2D eigenvalue weighted by molar-refractivity contribution is 0.102. The Kier molecular flexibility index (Phi) is 4.83. The molecule has 30 heavy (non-hydrogen) atoms. The summed E-state index contributed by atoms with van der Waals surface area (Å²) in [6, 6.07) is 11.9. The summed E-state index contributed by atoms with van der Waals surface area (Å²) < 4.78 is 29.8. The molecule has 5 rings (SSSR count). The van der Waals surface area contributed by atoms with E-state index in [1.54, 1.807) is 12.1 Å². The highest BCUT2D eigenvalue weighted by atomic mass is 32.2. The standard InChI is InChI=1S/C22H24N4O3S/c27-22(15-5-4-6-18(13-15)30(28,29)25-16-8-9-16)23-17-10-11-20-19(14-17)24-21-7-2-1-3-12-26(20)21/h4-6,10-11,13-14,16,25H,1-3,7-9,12H2,(H,23,27). The van der Waals surface area contributed by atoms with Crippen molar-refractivity contribution in [2.75, 3.05) is 5.32 Å². The summed E-state index contributed by atoms with van der Waals surface area (Å²) in [5.74, 6) is 0.755.